The van der Waals surface area contributed by atoms with Gasteiger partial charge in [0.05, 0.1) is 21.3 Å². The number of hydrogen-bond acceptors (Lipinski definition) is 5. The molecule has 0 bridgehead atoms. The topological polar surface area (TPSA) is 56.8 Å². The van der Waals surface area contributed by atoms with E-state index in [0.29, 0.717) is 36.6 Å². The van der Waals surface area contributed by atoms with Crippen LogP contribution in [-0.4, -0.2) is 39.5 Å². The molecule has 1 amide bonds. The van der Waals surface area contributed by atoms with Crippen molar-refractivity contribution in [2.24, 2.45) is 0 Å². The van der Waals surface area contributed by atoms with Crippen LogP contribution in [0.5, 0.6) is 17.2 Å². The third kappa shape index (κ3) is 6.10. The summed E-state index contributed by atoms with van der Waals surface area (Å²) in [6, 6.07) is 12.1. The molecule has 0 atom stereocenters. The van der Waals surface area contributed by atoms with Crippen LogP contribution in [0, 0.1) is 6.92 Å². The van der Waals surface area contributed by atoms with Crippen LogP contribution in [0.2, 0.25) is 0 Å². The average molecular weight is 390 g/mol. The van der Waals surface area contributed by atoms with E-state index >= 15 is 0 Å². The van der Waals surface area contributed by atoms with Gasteiger partial charge < -0.3 is 19.5 Å². The maximum absolute atomic E-state index is 12.1. The molecule has 0 saturated carbocycles. The molecular formula is C21H27NO4S. The van der Waals surface area contributed by atoms with Crippen LogP contribution >= 0.6 is 11.8 Å². The van der Waals surface area contributed by atoms with Crippen molar-refractivity contribution < 1.29 is 19.0 Å². The van der Waals surface area contributed by atoms with Crippen molar-refractivity contribution in [3.8, 4) is 17.2 Å². The zero-order chi connectivity index (χ0) is 19.6. The van der Waals surface area contributed by atoms with Crippen LogP contribution in [-0.2, 0) is 11.2 Å². The van der Waals surface area contributed by atoms with Gasteiger partial charge in [0.15, 0.2) is 11.5 Å². The molecule has 1 N–H and O–H groups in total. The highest BCUT2D eigenvalue weighted by atomic mass is 32.2. The summed E-state index contributed by atoms with van der Waals surface area (Å²) < 4.78 is 16.1. The lowest BCUT2D eigenvalue weighted by atomic mass is 10.1. The number of carbonyl (C=O) groups excluding carboxylic acids is 1. The molecule has 5 nitrogen and oxygen atoms in total. The first-order valence-corrected chi connectivity index (χ1v) is 9.81. The van der Waals surface area contributed by atoms with E-state index in [0.717, 1.165) is 11.3 Å². The molecule has 27 heavy (non-hydrogen) atoms. The second-order valence-electron chi connectivity index (χ2n) is 6.00. The number of rotatable bonds is 10. The van der Waals surface area contributed by atoms with Crippen LogP contribution in [0.4, 0.5) is 0 Å². The predicted molar refractivity (Wildman–Crippen MR) is 109 cm³/mol. The van der Waals surface area contributed by atoms with Crippen LogP contribution in [0.1, 0.15) is 17.5 Å². The third-order valence-corrected chi connectivity index (χ3v) is 5.13. The van der Waals surface area contributed by atoms with Gasteiger partial charge in [0.1, 0.15) is 0 Å². The lowest BCUT2D eigenvalue weighted by Crippen LogP contribution is -2.25. The standard InChI is InChI=1S/C21H27NO4S/c1-15-5-9-17(10-6-15)27-14-13-22-19(23)12-8-16-7-11-18(24-2)21(26-4)20(16)25-3/h5-7,9-11H,8,12-14H2,1-4H3,(H,22,23). The molecule has 0 saturated heterocycles. The molecule has 0 radical (unpaired) electrons. The number of thioether (sulfide) groups is 1. The fourth-order valence-corrected chi connectivity index (χ4v) is 3.46. The van der Waals surface area contributed by atoms with Crippen molar-refractivity contribution in [2.45, 2.75) is 24.7 Å². The number of ether oxygens (including phenoxy) is 3. The Bertz CT molecular complexity index is 747. The van der Waals surface area contributed by atoms with Crippen molar-refractivity contribution in [3.63, 3.8) is 0 Å². The van der Waals surface area contributed by atoms with Gasteiger partial charge in [-0.1, -0.05) is 23.8 Å². The number of carbonyl (C=O) groups is 1. The van der Waals surface area contributed by atoms with E-state index in [1.54, 1.807) is 33.1 Å². The molecule has 2 rings (SSSR count). The first-order chi connectivity index (χ1) is 13.1. The zero-order valence-electron chi connectivity index (χ0n) is 16.3. The Morgan fingerprint density at radius 3 is 2.30 bits per heavy atom. The first-order valence-electron chi connectivity index (χ1n) is 8.83. The molecule has 2 aromatic rings. The third-order valence-electron chi connectivity index (χ3n) is 4.12. The van der Waals surface area contributed by atoms with Gasteiger partial charge >= 0.3 is 0 Å². The molecule has 0 aliphatic heterocycles. The van der Waals surface area contributed by atoms with Crippen LogP contribution in [0.15, 0.2) is 41.3 Å². The van der Waals surface area contributed by atoms with Crippen molar-refractivity contribution in [1.29, 1.82) is 0 Å². The Kier molecular flexibility index (Phi) is 8.33. The van der Waals surface area contributed by atoms with Gasteiger partial charge in [-0.25, -0.2) is 0 Å². The minimum atomic E-state index is 0.0244. The molecule has 2 aromatic carbocycles. The van der Waals surface area contributed by atoms with Gasteiger partial charge in [-0.2, -0.15) is 0 Å². The molecule has 146 valence electrons. The van der Waals surface area contributed by atoms with Gasteiger partial charge in [0.25, 0.3) is 0 Å². The lowest BCUT2D eigenvalue weighted by Gasteiger charge is -2.15. The maximum Gasteiger partial charge on any atom is 0.220 e. The number of aryl methyl sites for hydroxylation is 2. The molecule has 0 unspecified atom stereocenters. The van der Waals surface area contributed by atoms with Crippen molar-refractivity contribution in [3.05, 3.63) is 47.5 Å². The normalized spacial score (nSPS) is 10.4. The van der Waals surface area contributed by atoms with Gasteiger partial charge in [-0.15, -0.1) is 11.8 Å². The molecule has 0 heterocycles. The van der Waals surface area contributed by atoms with E-state index in [2.05, 4.69) is 36.5 Å². The predicted octanol–water partition coefficient (Wildman–Crippen LogP) is 3.86. The van der Waals surface area contributed by atoms with E-state index < -0.39 is 0 Å². The Labute approximate surface area is 165 Å². The van der Waals surface area contributed by atoms with Crippen LogP contribution < -0.4 is 19.5 Å². The zero-order valence-corrected chi connectivity index (χ0v) is 17.2. The average Bonchev–Trinajstić information content (AvgIpc) is 2.69. The molecule has 6 heteroatoms. The maximum atomic E-state index is 12.1. The molecule has 0 aromatic heterocycles. The minimum Gasteiger partial charge on any atom is -0.493 e. The SMILES string of the molecule is COc1ccc(CCC(=O)NCCSc2ccc(C)cc2)c(OC)c1OC. The molecule has 0 fully saturated rings. The quantitative estimate of drug-likeness (QED) is 0.494. The molecule has 0 spiro atoms. The van der Waals surface area contributed by atoms with Gasteiger partial charge in [0.2, 0.25) is 11.7 Å². The van der Waals surface area contributed by atoms with Crippen LogP contribution in [0.25, 0.3) is 0 Å². The Hall–Kier alpha value is -2.34. The van der Waals surface area contributed by atoms with E-state index in [4.69, 9.17) is 14.2 Å². The van der Waals surface area contributed by atoms with E-state index in [-0.39, 0.29) is 5.91 Å². The molecule has 0 aliphatic carbocycles. The number of amides is 1. The minimum absolute atomic E-state index is 0.0244. The number of benzene rings is 2. The molecular weight excluding hydrogens is 362 g/mol. The van der Waals surface area contributed by atoms with Gasteiger partial charge in [0, 0.05) is 23.6 Å². The summed E-state index contributed by atoms with van der Waals surface area (Å²) in [5.74, 6) is 2.63. The fourth-order valence-electron chi connectivity index (χ4n) is 2.69. The van der Waals surface area contributed by atoms with Crippen LogP contribution in [0.3, 0.4) is 0 Å². The summed E-state index contributed by atoms with van der Waals surface area (Å²) in [4.78, 5) is 13.3. The number of nitrogens with one attached hydrogen (secondary N) is 1. The first kappa shape index (κ1) is 21.0. The Morgan fingerprint density at radius 2 is 1.67 bits per heavy atom. The summed E-state index contributed by atoms with van der Waals surface area (Å²) in [6.07, 6.45) is 0.960. The summed E-state index contributed by atoms with van der Waals surface area (Å²) >= 11 is 1.74. The van der Waals surface area contributed by atoms with E-state index in [9.17, 15) is 4.79 Å². The van der Waals surface area contributed by atoms with Crippen molar-refractivity contribution in [2.75, 3.05) is 33.6 Å². The number of methoxy groups -OCH3 is 3. The second kappa shape index (κ2) is 10.7. The van der Waals surface area contributed by atoms with Crippen molar-refractivity contribution >= 4 is 17.7 Å². The highest BCUT2D eigenvalue weighted by Gasteiger charge is 2.16. The van der Waals surface area contributed by atoms with Gasteiger partial charge in [-0.05, 0) is 37.1 Å². The molecule has 0 aliphatic rings. The summed E-state index contributed by atoms with van der Waals surface area (Å²) in [7, 11) is 4.74. The second-order valence-corrected chi connectivity index (χ2v) is 7.17. The summed E-state index contributed by atoms with van der Waals surface area (Å²) in [5, 5.41) is 2.97. The number of hydrogen-bond donors (Lipinski definition) is 1. The highest BCUT2D eigenvalue weighted by molar-refractivity contribution is 7.99. The van der Waals surface area contributed by atoms with E-state index in [1.807, 2.05) is 12.1 Å². The Morgan fingerprint density at radius 1 is 0.963 bits per heavy atom. The Balaban J connectivity index is 1.80. The summed E-state index contributed by atoms with van der Waals surface area (Å²) in [5.41, 5.74) is 2.16. The summed E-state index contributed by atoms with van der Waals surface area (Å²) in [6.45, 7) is 2.71. The fraction of sp³-hybridized carbons (Fsp3) is 0.381. The van der Waals surface area contributed by atoms with Crippen molar-refractivity contribution in [1.82, 2.24) is 5.32 Å². The van der Waals surface area contributed by atoms with Gasteiger partial charge in [-0.3, -0.25) is 4.79 Å². The smallest absolute Gasteiger partial charge is 0.220 e. The highest BCUT2D eigenvalue weighted by Crippen LogP contribution is 2.40. The van der Waals surface area contributed by atoms with E-state index in [1.165, 1.54) is 10.5 Å². The lowest BCUT2D eigenvalue weighted by molar-refractivity contribution is -0.120. The largest absolute Gasteiger partial charge is 0.493 e. The monoisotopic (exact) mass is 389 g/mol.